The average molecular weight is 1110 g/mol. The van der Waals surface area contributed by atoms with E-state index in [9.17, 15) is 54.6 Å². The van der Waals surface area contributed by atoms with Crippen LogP contribution in [-0.2, 0) is 35.3 Å². The zero-order valence-corrected chi connectivity index (χ0v) is 43.8. The summed E-state index contributed by atoms with van der Waals surface area (Å²) in [7, 11) is 1.54. The Morgan fingerprint density at radius 1 is 0.753 bits per heavy atom. The number of aromatic hydroxyl groups is 4. The van der Waals surface area contributed by atoms with Gasteiger partial charge in [-0.1, -0.05) is 67.5 Å². The first-order valence-corrected chi connectivity index (χ1v) is 25.4. The molecular formula is C54H54Cl2N6O14S. The summed E-state index contributed by atoms with van der Waals surface area (Å²) in [4.78, 5) is 85.3. The van der Waals surface area contributed by atoms with Crippen molar-refractivity contribution in [1.82, 2.24) is 26.6 Å². The molecule has 13 N–H and O–H groups in total. The highest BCUT2D eigenvalue weighted by atomic mass is 35.5. The summed E-state index contributed by atoms with van der Waals surface area (Å²) in [5, 5.41) is 82.1. The summed E-state index contributed by atoms with van der Waals surface area (Å²) >= 11 is 19.8. The van der Waals surface area contributed by atoms with Gasteiger partial charge in [-0.3, -0.25) is 28.8 Å². The number of carbonyl (C=O) groups is 6. The summed E-state index contributed by atoms with van der Waals surface area (Å²) in [5.41, 5.74) is 6.02. The largest absolute Gasteiger partial charge is 0.508 e. The Kier molecular flexibility index (Phi) is 16.6. The lowest BCUT2D eigenvalue weighted by Crippen LogP contribution is -2.58. The Balaban J connectivity index is 1.34. The quantitative estimate of drug-likeness (QED) is 0.0890. The summed E-state index contributed by atoms with van der Waals surface area (Å²) < 4.78 is 12.5. The Morgan fingerprint density at radius 2 is 1.38 bits per heavy atom. The lowest BCUT2D eigenvalue weighted by atomic mass is 9.80. The maximum absolute atomic E-state index is 15.1. The van der Waals surface area contributed by atoms with Gasteiger partial charge in [-0.05, 0) is 108 Å². The van der Waals surface area contributed by atoms with Crippen LogP contribution in [0.15, 0.2) is 78.9 Å². The molecular weight excluding hydrogens is 1060 g/mol. The molecule has 5 aromatic rings. The van der Waals surface area contributed by atoms with E-state index in [1.165, 1.54) is 79.8 Å². The van der Waals surface area contributed by atoms with Gasteiger partial charge in [-0.2, -0.15) is 0 Å². The molecule has 0 unspecified atom stereocenters. The molecule has 5 amide bonds. The molecule has 11 bridgehead atoms. The van der Waals surface area contributed by atoms with Crippen molar-refractivity contribution in [2.24, 2.45) is 17.6 Å². The number of carbonyl (C=O) groups excluding carboxylic acids is 6. The highest BCUT2D eigenvalue weighted by Crippen LogP contribution is 2.48. The van der Waals surface area contributed by atoms with Crippen LogP contribution < -0.4 is 41.8 Å². The normalized spacial score (nSPS) is 22.1. The van der Waals surface area contributed by atoms with E-state index < -0.39 is 114 Å². The van der Waals surface area contributed by atoms with Crippen molar-refractivity contribution in [3.05, 3.63) is 117 Å². The highest BCUT2D eigenvalue weighted by Gasteiger charge is 2.40. The van der Waals surface area contributed by atoms with Crippen LogP contribution in [0.1, 0.15) is 91.5 Å². The standard InChI is InChI=1S/C54H54Cl2N6O14S/c1-22(2)10-34(58-3)52(72)62-47-49(69)25-6-9-40(33(56)14-25)76-42-16-26-15-41(50(42)70)75-39-8-5-24(13-32(39)55)48(68)31-18-37(65)29(19-43(77)46(26)61-53(73)35(20-44(57)67)60-54(47)74)23-4-7-36(64)30(12-23)45-27(21-59-51(31)71)11-28(63)17-38(45)66/h4-9,11-17,22,29,31,34-35,46-49,58,63-64,66,68-70H,10,18-21H2,1-3H3,(H2,57,67)(H,59,71)(H,60,74)(H,61,73)(H,62,72)/t29-,31-,34+,35-,46+,47+,48+,49+/m0/s1. The van der Waals surface area contributed by atoms with Crippen LogP contribution in [0.3, 0.4) is 0 Å². The first-order chi connectivity index (χ1) is 36.5. The average Bonchev–Trinajstić information content (AvgIpc) is 3.38. The molecule has 23 heteroatoms. The van der Waals surface area contributed by atoms with Gasteiger partial charge in [0.2, 0.25) is 35.3 Å². The Bertz CT molecular complexity index is 3230. The minimum absolute atomic E-state index is 0.00266. The molecule has 5 heterocycles. The van der Waals surface area contributed by atoms with Crippen LogP contribution >= 0.6 is 35.4 Å². The first-order valence-electron chi connectivity index (χ1n) is 24.3. The van der Waals surface area contributed by atoms with Crippen LogP contribution in [0.4, 0.5) is 0 Å². The fraction of sp³-hybridized carbons (Fsp3) is 0.315. The second-order valence-electron chi connectivity index (χ2n) is 19.5. The number of hydrogen-bond donors (Lipinski definition) is 12. The molecule has 20 nitrogen and oxygen atoms in total. The maximum atomic E-state index is 15.1. The van der Waals surface area contributed by atoms with Crippen molar-refractivity contribution in [1.29, 1.82) is 0 Å². The minimum Gasteiger partial charge on any atom is -0.508 e. The summed E-state index contributed by atoms with van der Waals surface area (Å²) in [6.45, 7) is 3.40. The van der Waals surface area contributed by atoms with Gasteiger partial charge in [0.1, 0.15) is 52.7 Å². The number of nitrogens with two attached hydrogens (primary N) is 1. The van der Waals surface area contributed by atoms with Crippen LogP contribution in [0.5, 0.6) is 46.0 Å². The molecule has 0 aliphatic carbocycles. The number of likely N-dealkylation sites (N-methyl/N-ethyl adjacent to an activating group) is 1. The van der Waals surface area contributed by atoms with Gasteiger partial charge in [-0.15, -0.1) is 0 Å². The summed E-state index contributed by atoms with van der Waals surface area (Å²) in [6.07, 6.45) is -5.22. The van der Waals surface area contributed by atoms with Gasteiger partial charge in [-0.25, -0.2) is 0 Å². The van der Waals surface area contributed by atoms with Gasteiger partial charge in [0.15, 0.2) is 11.5 Å². The number of phenols is 4. The number of aliphatic hydroxyl groups is 2. The third-order valence-electron chi connectivity index (χ3n) is 13.6. The number of benzene rings is 5. The topological polar surface area (TPSA) is 328 Å². The molecule has 5 aromatic carbocycles. The number of amides is 5. The van der Waals surface area contributed by atoms with E-state index in [-0.39, 0.29) is 101 Å². The third-order valence-corrected chi connectivity index (χ3v) is 14.6. The second-order valence-corrected chi connectivity index (χ2v) is 20.8. The van der Waals surface area contributed by atoms with Gasteiger partial charge in [0, 0.05) is 40.9 Å². The molecule has 0 aromatic heterocycles. The first kappa shape index (κ1) is 55.7. The van der Waals surface area contributed by atoms with Crippen LogP contribution in [-0.4, -0.2) is 96.0 Å². The highest BCUT2D eigenvalue weighted by molar-refractivity contribution is 7.80. The summed E-state index contributed by atoms with van der Waals surface area (Å²) in [5.74, 6) is -11.3. The lowest BCUT2D eigenvalue weighted by molar-refractivity contribution is -0.136. The minimum atomic E-state index is -1.85. The van der Waals surface area contributed by atoms with Gasteiger partial charge >= 0.3 is 0 Å². The fourth-order valence-corrected chi connectivity index (χ4v) is 10.5. The van der Waals surface area contributed by atoms with Crippen LogP contribution in [0.25, 0.3) is 11.1 Å². The van der Waals surface area contributed by atoms with Gasteiger partial charge < -0.3 is 72.4 Å². The number of ketones is 1. The van der Waals surface area contributed by atoms with Crippen molar-refractivity contribution >= 4 is 75.6 Å². The zero-order valence-electron chi connectivity index (χ0n) is 41.4. The maximum Gasteiger partial charge on any atom is 0.246 e. The Labute approximate surface area is 455 Å². The molecule has 0 fully saturated rings. The molecule has 10 rings (SSSR count). The number of ether oxygens (including phenoxy) is 2. The van der Waals surface area contributed by atoms with Gasteiger partial charge in [0.25, 0.3) is 0 Å². The predicted molar refractivity (Wildman–Crippen MR) is 284 cm³/mol. The lowest BCUT2D eigenvalue weighted by Gasteiger charge is -2.30. The third kappa shape index (κ3) is 12.0. The second kappa shape index (κ2) is 23.0. The molecule has 77 heavy (non-hydrogen) atoms. The van der Waals surface area contributed by atoms with E-state index in [1.54, 1.807) is 0 Å². The number of primary amides is 1. The van der Waals surface area contributed by atoms with E-state index in [2.05, 4.69) is 26.6 Å². The molecule has 5 aliphatic rings. The van der Waals surface area contributed by atoms with Crippen molar-refractivity contribution < 1.29 is 68.9 Å². The molecule has 0 saturated carbocycles. The number of fused-ring (bicyclic) bond motifs is 15. The van der Waals surface area contributed by atoms with E-state index in [1.807, 2.05) is 13.8 Å². The molecule has 404 valence electrons. The Hall–Kier alpha value is -7.53. The zero-order chi connectivity index (χ0) is 55.7. The van der Waals surface area contributed by atoms with E-state index in [4.69, 9.17) is 50.6 Å². The molecule has 0 spiro atoms. The number of phenolic OH excluding ortho intramolecular Hbond substituents is 4. The number of halogens is 2. The van der Waals surface area contributed by atoms with E-state index in [0.29, 0.717) is 6.42 Å². The monoisotopic (exact) mass is 1110 g/mol. The fourth-order valence-electron chi connectivity index (χ4n) is 9.63. The SMILES string of the molecule is CN[C@H](CC(C)C)C(=O)N[C@H]1C(=O)N[C@@H](CC(N)=O)C(=O)N[C@H]2C(=S)C[C@@H]3C(=O)C[C@H](C(=O)NCc4cc(O)cc(O)c4-c4cc3ccc4O)[C@H](O)c3ccc(c(Cl)c3)Oc3cc2cc(c3O)Oc2ccc(cc2Cl)[C@H]1O. The predicted octanol–water partition coefficient (Wildman–Crippen LogP) is 5.55. The molecule has 5 aliphatic heterocycles. The molecule has 8 atom stereocenters. The number of nitrogens with one attached hydrogen (secondary N) is 5. The van der Waals surface area contributed by atoms with Crippen LogP contribution in [0, 0.1) is 11.8 Å². The van der Waals surface area contributed by atoms with Gasteiger partial charge in [0.05, 0.1) is 40.6 Å². The smallest absolute Gasteiger partial charge is 0.246 e. The Morgan fingerprint density at radius 3 is 1.97 bits per heavy atom. The summed E-state index contributed by atoms with van der Waals surface area (Å²) in [6, 6.07) is 10.7. The van der Waals surface area contributed by atoms with Crippen molar-refractivity contribution in [3.8, 4) is 57.1 Å². The molecule has 0 radical (unpaired) electrons. The number of Topliss-reactive ketones (excluding diaryl/α,β-unsaturated/α-hetero) is 1. The number of rotatable bonds is 7. The van der Waals surface area contributed by atoms with E-state index in [0.717, 1.165) is 6.07 Å². The van der Waals surface area contributed by atoms with Crippen LogP contribution in [0.2, 0.25) is 10.0 Å². The van der Waals surface area contributed by atoms with E-state index >= 15 is 4.79 Å². The van der Waals surface area contributed by atoms with Crippen molar-refractivity contribution in [2.75, 3.05) is 7.05 Å². The van der Waals surface area contributed by atoms with Crippen molar-refractivity contribution in [2.45, 2.75) is 88.4 Å². The molecule has 0 saturated heterocycles. The number of hydrogen-bond acceptors (Lipinski definition) is 16. The van der Waals surface area contributed by atoms with Crippen molar-refractivity contribution in [3.63, 3.8) is 0 Å². The number of thiocarbonyl (C=S) groups is 1. The number of aliphatic hydroxyl groups excluding tert-OH is 2.